The van der Waals surface area contributed by atoms with Crippen LogP contribution >= 0.6 is 11.3 Å². The van der Waals surface area contributed by atoms with Crippen LogP contribution in [0, 0.1) is 6.92 Å². The van der Waals surface area contributed by atoms with Gasteiger partial charge in [-0.15, -0.1) is 11.3 Å². The largest absolute Gasteiger partial charge is 0.462 e. The van der Waals surface area contributed by atoms with E-state index < -0.39 is 35.9 Å². The first kappa shape index (κ1) is 23.5. The van der Waals surface area contributed by atoms with E-state index in [-0.39, 0.29) is 6.61 Å². The average Bonchev–Trinajstić information content (AvgIpc) is 3.20. The molecule has 1 saturated heterocycles. The van der Waals surface area contributed by atoms with Gasteiger partial charge in [-0.25, -0.2) is 9.59 Å². The molecule has 0 aliphatic carbocycles. The molecule has 4 amide bonds. The third kappa shape index (κ3) is 4.52. The predicted molar refractivity (Wildman–Crippen MR) is 122 cm³/mol. The summed E-state index contributed by atoms with van der Waals surface area (Å²) in [6.07, 6.45) is 0. The van der Waals surface area contributed by atoms with Crippen molar-refractivity contribution < 1.29 is 23.9 Å². The first-order valence-corrected chi connectivity index (χ1v) is 11.2. The fraction of sp³-hybridized carbons (Fsp3) is 0.391. The van der Waals surface area contributed by atoms with Crippen LogP contribution in [0.1, 0.15) is 60.0 Å². The number of hydrogen-bond donors (Lipinski definition) is 2. The average molecular weight is 458 g/mol. The lowest BCUT2D eigenvalue weighted by atomic mass is 9.90. The Bertz CT molecular complexity index is 1060. The molecule has 2 aromatic rings. The number of carbonyl (C=O) groups is 4. The molecule has 1 aromatic heterocycles. The molecule has 2 heterocycles. The maximum absolute atomic E-state index is 13.1. The standard InChI is InChI=1S/C23H27N3O5S/c1-6-31-20(28)19-14(4)11-18(32-19)24-17(27)12-26-21(29)23(5,25-22(26)30)16-9-7-15(8-10-16)13(2)3/h7-11,13H,6,12H2,1-5H3,(H,24,27)(H,25,30). The van der Waals surface area contributed by atoms with Gasteiger partial charge in [0.25, 0.3) is 5.91 Å². The highest BCUT2D eigenvalue weighted by molar-refractivity contribution is 7.18. The van der Waals surface area contributed by atoms with Gasteiger partial charge in [0, 0.05) is 0 Å². The Balaban J connectivity index is 1.71. The van der Waals surface area contributed by atoms with Crippen molar-refractivity contribution in [1.82, 2.24) is 10.2 Å². The number of rotatable bonds is 7. The molecular weight excluding hydrogens is 430 g/mol. The topological polar surface area (TPSA) is 105 Å². The van der Waals surface area contributed by atoms with Gasteiger partial charge in [-0.05, 0) is 49.4 Å². The Morgan fingerprint density at radius 3 is 2.47 bits per heavy atom. The molecule has 1 aliphatic heterocycles. The van der Waals surface area contributed by atoms with Crippen LogP contribution in [-0.2, 0) is 19.9 Å². The number of carbonyl (C=O) groups excluding carboxylic acids is 4. The molecule has 1 atom stereocenters. The van der Waals surface area contributed by atoms with E-state index in [2.05, 4.69) is 24.5 Å². The number of anilines is 1. The van der Waals surface area contributed by atoms with E-state index >= 15 is 0 Å². The van der Waals surface area contributed by atoms with E-state index in [1.165, 1.54) is 0 Å². The molecule has 0 bridgehead atoms. The highest BCUT2D eigenvalue weighted by Crippen LogP contribution is 2.31. The van der Waals surface area contributed by atoms with Crippen LogP contribution in [0.5, 0.6) is 0 Å². The lowest BCUT2D eigenvalue weighted by Gasteiger charge is -2.22. The SMILES string of the molecule is CCOC(=O)c1sc(NC(=O)CN2C(=O)NC(C)(c3ccc(C(C)C)cc3)C2=O)cc1C. The first-order chi connectivity index (χ1) is 15.1. The molecule has 1 fully saturated rings. The molecule has 2 N–H and O–H groups in total. The van der Waals surface area contributed by atoms with Crippen LogP contribution < -0.4 is 10.6 Å². The second kappa shape index (κ2) is 9.12. The van der Waals surface area contributed by atoms with Crippen molar-refractivity contribution in [3.8, 4) is 0 Å². The quantitative estimate of drug-likeness (QED) is 0.487. The van der Waals surface area contributed by atoms with E-state index in [1.54, 1.807) is 26.8 Å². The Morgan fingerprint density at radius 2 is 1.88 bits per heavy atom. The van der Waals surface area contributed by atoms with Gasteiger partial charge in [-0.3, -0.25) is 14.5 Å². The molecule has 1 aromatic carbocycles. The first-order valence-electron chi connectivity index (χ1n) is 10.4. The number of benzene rings is 1. The zero-order valence-corrected chi connectivity index (χ0v) is 19.6. The van der Waals surface area contributed by atoms with Crippen LogP contribution in [0.2, 0.25) is 0 Å². The highest BCUT2D eigenvalue weighted by Gasteiger charge is 2.49. The Morgan fingerprint density at radius 1 is 1.22 bits per heavy atom. The van der Waals surface area contributed by atoms with Gasteiger partial charge in [0.2, 0.25) is 5.91 Å². The molecule has 8 nitrogen and oxygen atoms in total. The van der Waals surface area contributed by atoms with Crippen LogP contribution in [0.25, 0.3) is 0 Å². The summed E-state index contributed by atoms with van der Waals surface area (Å²) in [7, 11) is 0. The Hall–Kier alpha value is -3.20. The van der Waals surface area contributed by atoms with Crippen molar-refractivity contribution in [3.63, 3.8) is 0 Å². The minimum Gasteiger partial charge on any atom is -0.462 e. The third-order valence-electron chi connectivity index (χ3n) is 5.37. The molecule has 0 saturated carbocycles. The number of urea groups is 1. The molecule has 170 valence electrons. The maximum atomic E-state index is 13.1. The Kier molecular flexibility index (Phi) is 6.68. The van der Waals surface area contributed by atoms with E-state index in [0.29, 0.717) is 26.9 Å². The zero-order chi connectivity index (χ0) is 23.6. The summed E-state index contributed by atoms with van der Waals surface area (Å²) in [5.74, 6) is -1.14. The number of hydrogen-bond acceptors (Lipinski definition) is 6. The summed E-state index contributed by atoms with van der Waals surface area (Å²) in [4.78, 5) is 51.4. The summed E-state index contributed by atoms with van der Waals surface area (Å²) in [6, 6.07) is 8.53. The molecule has 1 aliphatic rings. The van der Waals surface area contributed by atoms with Gasteiger partial charge in [-0.2, -0.15) is 0 Å². The normalized spacial score (nSPS) is 18.1. The molecule has 3 rings (SSSR count). The molecule has 0 radical (unpaired) electrons. The lowest BCUT2D eigenvalue weighted by molar-refractivity contribution is -0.133. The van der Waals surface area contributed by atoms with Gasteiger partial charge in [-0.1, -0.05) is 38.1 Å². The fourth-order valence-corrected chi connectivity index (χ4v) is 4.48. The predicted octanol–water partition coefficient (Wildman–Crippen LogP) is 3.76. The maximum Gasteiger partial charge on any atom is 0.348 e. The number of ether oxygens (including phenoxy) is 1. The van der Waals surface area contributed by atoms with Crippen molar-refractivity contribution in [1.29, 1.82) is 0 Å². The van der Waals surface area contributed by atoms with Crippen LogP contribution in [0.15, 0.2) is 30.3 Å². The number of amides is 4. The van der Waals surface area contributed by atoms with Crippen molar-refractivity contribution in [2.75, 3.05) is 18.5 Å². The summed E-state index contributed by atoms with van der Waals surface area (Å²) < 4.78 is 5.00. The second-order valence-corrected chi connectivity index (χ2v) is 9.17. The van der Waals surface area contributed by atoms with Crippen molar-refractivity contribution in [2.24, 2.45) is 0 Å². The van der Waals surface area contributed by atoms with E-state index in [1.807, 2.05) is 24.3 Å². The minimum atomic E-state index is -1.25. The number of esters is 1. The third-order valence-corrected chi connectivity index (χ3v) is 6.51. The summed E-state index contributed by atoms with van der Waals surface area (Å²) >= 11 is 1.09. The zero-order valence-electron chi connectivity index (χ0n) is 18.8. The van der Waals surface area contributed by atoms with Crippen LogP contribution in [-0.4, -0.2) is 41.9 Å². The van der Waals surface area contributed by atoms with Gasteiger partial charge in [0.1, 0.15) is 17.0 Å². The number of imide groups is 1. The Labute approximate surface area is 190 Å². The number of aryl methyl sites for hydroxylation is 1. The highest BCUT2D eigenvalue weighted by atomic mass is 32.1. The van der Waals surface area contributed by atoms with Crippen molar-refractivity contribution in [2.45, 2.75) is 46.1 Å². The summed E-state index contributed by atoms with van der Waals surface area (Å²) in [5.41, 5.74) is 1.20. The number of thiophene rings is 1. The number of nitrogens with one attached hydrogen (secondary N) is 2. The molecule has 9 heteroatoms. The second-order valence-electron chi connectivity index (χ2n) is 8.11. The van der Waals surface area contributed by atoms with Crippen molar-refractivity contribution >= 4 is 40.2 Å². The summed E-state index contributed by atoms with van der Waals surface area (Å²) in [5, 5.41) is 5.80. The van der Waals surface area contributed by atoms with Gasteiger partial charge >= 0.3 is 12.0 Å². The minimum absolute atomic E-state index is 0.253. The van der Waals surface area contributed by atoms with Gasteiger partial charge in [0.05, 0.1) is 11.6 Å². The molecule has 32 heavy (non-hydrogen) atoms. The summed E-state index contributed by atoms with van der Waals surface area (Å²) in [6.45, 7) is 9.05. The van der Waals surface area contributed by atoms with Crippen molar-refractivity contribution in [3.05, 3.63) is 51.9 Å². The smallest absolute Gasteiger partial charge is 0.348 e. The number of nitrogens with zero attached hydrogens (tertiary/aromatic N) is 1. The van der Waals surface area contributed by atoms with Gasteiger partial charge < -0.3 is 15.4 Å². The monoisotopic (exact) mass is 457 g/mol. The van der Waals surface area contributed by atoms with E-state index in [0.717, 1.165) is 21.8 Å². The van der Waals surface area contributed by atoms with E-state index in [4.69, 9.17) is 4.74 Å². The molecular formula is C23H27N3O5S. The van der Waals surface area contributed by atoms with Gasteiger partial charge in [0.15, 0.2) is 0 Å². The molecule has 0 spiro atoms. The lowest BCUT2D eigenvalue weighted by Crippen LogP contribution is -2.42. The van der Waals surface area contributed by atoms with E-state index in [9.17, 15) is 19.2 Å². The fourth-order valence-electron chi connectivity index (χ4n) is 3.50. The van der Waals surface area contributed by atoms with Crippen LogP contribution in [0.3, 0.4) is 0 Å². The molecule has 1 unspecified atom stereocenters. The van der Waals surface area contributed by atoms with Crippen LogP contribution in [0.4, 0.5) is 9.80 Å².